The van der Waals surface area contributed by atoms with Gasteiger partial charge in [-0.15, -0.1) is 0 Å². The van der Waals surface area contributed by atoms with Crippen molar-refractivity contribution in [3.63, 3.8) is 0 Å². The van der Waals surface area contributed by atoms with Crippen molar-refractivity contribution < 1.29 is 4.74 Å². The molecule has 0 saturated carbocycles. The number of nitrogens with two attached hydrogens (primary N) is 1. The third-order valence-corrected chi connectivity index (χ3v) is 2.90. The van der Waals surface area contributed by atoms with Gasteiger partial charge in [-0.05, 0) is 19.8 Å². The van der Waals surface area contributed by atoms with Crippen LogP contribution in [0.3, 0.4) is 0 Å². The lowest BCUT2D eigenvalue weighted by atomic mass is 10.1. The molecule has 2 rings (SSSR count). The van der Waals surface area contributed by atoms with Crippen LogP contribution in [0.25, 0.3) is 0 Å². The molecule has 1 saturated heterocycles. The first-order valence-corrected chi connectivity index (χ1v) is 5.31. The number of rotatable bonds is 2. The Labute approximate surface area is 89.6 Å². The number of imidazole rings is 1. The zero-order valence-electron chi connectivity index (χ0n) is 9.29. The molecule has 0 aliphatic carbocycles. The molecule has 1 aliphatic heterocycles. The number of nitrogens with zero attached hydrogens (tertiary/aromatic N) is 2. The van der Waals surface area contributed by atoms with Crippen molar-refractivity contribution in [3.8, 4) is 0 Å². The second-order valence-electron chi connectivity index (χ2n) is 4.01. The van der Waals surface area contributed by atoms with E-state index in [-0.39, 0.29) is 0 Å². The molecule has 0 radical (unpaired) electrons. The first-order chi connectivity index (χ1) is 7.18. The Morgan fingerprint density at radius 2 is 2.13 bits per heavy atom. The Morgan fingerprint density at radius 3 is 2.67 bits per heavy atom. The van der Waals surface area contributed by atoms with Crippen LogP contribution in [0.2, 0.25) is 0 Å². The van der Waals surface area contributed by atoms with E-state index in [9.17, 15) is 0 Å². The van der Waals surface area contributed by atoms with Gasteiger partial charge in [0.15, 0.2) is 5.82 Å². The fourth-order valence-corrected chi connectivity index (χ4v) is 2.01. The van der Waals surface area contributed by atoms with Crippen LogP contribution >= 0.6 is 0 Å². The maximum atomic E-state index is 5.86. The molecule has 1 fully saturated rings. The van der Waals surface area contributed by atoms with Gasteiger partial charge in [0, 0.05) is 26.3 Å². The predicted octanol–water partition coefficient (Wildman–Crippen LogP) is 0.916. The summed E-state index contributed by atoms with van der Waals surface area (Å²) in [7, 11) is 2.04. The van der Waals surface area contributed by atoms with Gasteiger partial charge in [-0.25, -0.2) is 4.98 Å². The van der Waals surface area contributed by atoms with Crippen LogP contribution in [0, 0.1) is 6.92 Å². The molecule has 0 bridgehead atoms. The largest absolute Gasteiger partial charge is 0.382 e. The minimum atomic E-state index is 0.490. The van der Waals surface area contributed by atoms with E-state index < -0.39 is 0 Å². The SMILES string of the molecule is Cc1nc(N(C)C2CCOCC2)c(N)[nH]1. The Morgan fingerprint density at radius 1 is 1.47 bits per heavy atom. The van der Waals surface area contributed by atoms with Crippen LogP contribution in [-0.4, -0.2) is 36.3 Å². The highest BCUT2D eigenvalue weighted by Crippen LogP contribution is 2.24. The zero-order valence-corrected chi connectivity index (χ0v) is 9.29. The minimum Gasteiger partial charge on any atom is -0.382 e. The molecule has 2 heterocycles. The number of aromatic nitrogens is 2. The van der Waals surface area contributed by atoms with Crippen molar-refractivity contribution in [2.24, 2.45) is 0 Å². The number of nitrogens with one attached hydrogen (secondary N) is 1. The number of aromatic amines is 1. The highest BCUT2D eigenvalue weighted by atomic mass is 16.5. The highest BCUT2D eigenvalue weighted by Gasteiger charge is 2.21. The second-order valence-corrected chi connectivity index (χ2v) is 4.01. The van der Waals surface area contributed by atoms with Gasteiger partial charge in [0.05, 0.1) is 0 Å². The standard InChI is InChI=1S/C10H18N4O/c1-7-12-9(11)10(13-7)14(2)8-3-5-15-6-4-8/h8H,3-6,11H2,1-2H3,(H,12,13). The third-order valence-electron chi connectivity index (χ3n) is 2.90. The monoisotopic (exact) mass is 210 g/mol. The maximum absolute atomic E-state index is 5.86. The Hall–Kier alpha value is -1.23. The van der Waals surface area contributed by atoms with Crippen LogP contribution in [-0.2, 0) is 4.74 Å². The molecule has 1 aromatic heterocycles. The molecule has 1 aliphatic rings. The van der Waals surface area contributed by atoms with Gasteiger partial charge < -0.3 is 20.4 Å². The first-order valence-electron chi connectivity index (χ1n) is 5.31. The average molecular weight is 210 g/mol. The lowest BCUT2D eigenvalue weighted by Crippen LogP contribution is -2.37. The van der Waals surface area contributed by atoms with Crippen LogP contribution in [0.4, 0.5) is 11.6 Å². The van der Waals surface area contributed by atoms with Crippen LogP contribution in [0.15, 0.2) is 0 Å². The number of nitrogen functional groups attached to an aromatic ring is 1. The number of ether oxygens (including phenoxy) is 1. The Bertz CT molecular complexity index is 330. The number of hydrogen-bond donors (Lipinski definition) is 2. The van der Waals surface area contributed by atoms with Crippen molar-refractivity contribution in [2.75, 3.05) is 30.9 Å². The van der Waals surface area contributed by atoms with Crippen molar-refractivity contribution in [3.05, 3.63) is 5.82 Å². The third kappa shape index (κ3) is 2.07. The van der Waals surface area contributed by atoms with Gasteiger partial charge in [0.25, 0.3) is 0 Å². The molecule has 1 aromatic rings. The molecule has 0 atom stereocenters. The van der Waals surface area contributed by atoms with Gasteiger partial charge >= 0.3 is 0 Å². The van der Waals surface area contributed by atoms with Gasteiger partial charge in [-0.2, -0.15) is 0 Å². The summed E-state index contributed by atoms with van der Waals surface area (Å²) in [4.78, 5) is 9.57. The molecule has 0 unspecified atom stereocenters. The Balaban J connectivity index is 2.12. The molecule has 0 amide bonds. The summed E-state index contributed by atoms with van der Waals surface area (Å²) < 4.78 is 5.34. The molecule has 15 heavy (non-hydrogen) atoms. The fraction of sp³-hybridized carbons (Fsp3) is 0.700. The van der Waals surface area contributed by atoms with E-state index in [1.807, 2.05) is 14.0 Å². The number of H-pyrrole nitrogens is 1. The lowest BCUT2D eigenvalue weighted by molar-refractivity contribution is 0.0854. The smallest absolute Gasteiger partial charge is 0.171 e. The second kappa shape index (κ2) is 4.10. The lowest BCUT2D eigenvalue weighted by Gasteiger charge is -2.31. The highest BCUT2D eigenvalue weighted by molar-refractivity contribution is 5.59. The van der Waals surface area contributed by atoms with Gasteiger partial charge in [-0.1, -0.05) is 0 Å². The fourth-order valence-electron chi connectivity index (χ4n) is 2.01. The molecule has 5 nitrogen and oxygen atoms in total. The molecular formula is C10H18N4O. The van der Waals surface area contributed by atoms with Crippen LogP contribution < -0.4 is 10.6 Å². The molecule has 0 aromatic carbocycles. The number of hydrogen-bond acceptors (Lipinski definition) is 4. The minimum absolute atomic E-state index is 0.490. The summed E-state index contributed by atoms with van der Waals surface area (Å²) in [5, 5.41) is 0. The van der Waals surface area contributed by atoms with E-state index >= 15 is 0 Å². The first kappa shape index (κ1) is 10.3. The van der Waals surface area contributed by atoms with E-state index in [0.29, 0.717) is 11.9 Å². The molecular weight excluding hydrogens is 192 g/mol. The van der Waals surface area contributed by atoms with Crippen LogP contribution in [0.1, 0.15) is 18.7 Å². The number of anilines is 2. The van der Waals surface area contributed by atoms with E-state index in [4.69, 9.17) is 10.5 Å². The quantitative estimate of drug-likeness (QED) is 0.761. The molecule has 0 spiro atoms. The topological polar surface area (TPSA) is 67.2 Å². The van der Waals surface area contributed by atoms with Gasteiger partial charge in [-0.3, -0.25) is 0 Å². The normalized spacial score (nSPS) is 18.0. The Kier molecular flexibility index (Phi) is 2.81. The average Bonchev–Trinajstić information content (AvgIpc) is 2.58. The van der Waals surface area contributed by atoms with E-state index in [2.05, 4.69) is 14.9 Å². The molecule has 5 heteroatoms. The summed E-state index contributed by atoms with van der Waals surface area (Å²) >= 11 is 0. The summed E-state index contributed by atoms with van der Waals surface area (Å²) in [6.45, 7) is 3.58. The van der Waals surface area contributed by atoms with Gasteiger partial charge in [0.1, 0.15) is 11.6 Å². The molecule has 84 valence electrons. The summed E-state index contributed by atoms with van der Waals surface area (Å²) in [6, 6.07) is 0.490. The molecule has 3 N–H and O–H groups in total. The predicted molar refractivity (Wildman–Crippen MR) is 60.0 cm³/mol. The van der Waals surface area contributed by atoms with E-state index in [0.717, 1.165) is 37.7 Å². The van der Waals surface area contributed by atoms with Crippen molar-refractivity contribution >= 4 is 11.6 Å². The zero-order chi connectivity index (χ0) is 10.8. The van der Waals surface area contributed by atoms with Crippen molar-refractivity contribution in [2.45, 2.75) is 25.8 Å². The van der Waals surface area contributed by atoms with Crippen molar-refractivity contribution in [1.82, 2.24) is 9.97 Å². The number of aryl methyl sites for hydroxylation is 1. The maximum Gasteiger partial charge on any atom is 0.171 e. The summed E-state index contributed by atoms with van der Waals surface area (Å²) in [5.41, 5.74) is 5.86. The summed E-state index contributed by atoms with van der Waals surface area (Å²) in [5.74, 6) is 2.38. The van der Waals surface area contributed by atoms with Crippen LogP contribution in [0.5, 0.6) is 0 Å². The van der Waals surface area contributed by atoms with Gasteiger partial charge in [0.2, 0.25) is 0 Å². The van der Waals surface area contributed by atoms with E-state index in [1.165, 1.54) is 0 Å². The summed E-state index contributed by atoms with van der Waals surface area (Å²) in [6.07, 6.45) is 2.09. The van der Waals surface area contributed by atoms with E-state index in [1.54, 1.807) is 0 Å². The van der Waals surface area contributed by atoms with Crippen molar-refractivity contribution in [1.29, 1.82) is 0 Å².